The van der Waals surface area contributed by atoms with Crippen molar-refractivity contribution in [2.45, 2.75) is 0 Å². The second-order valence-electron chi connectivity index (χ2n) is 7.72. The van der Waals surface area contributed by atoms with E-state index in [1.54, 1.807) is 72.8 Å². The third kappa shape index (κ3) is 4.34. The molecule has 2 aromatic heterocycles. The Kier molecular flexibility index (Phi) is 6.05. The summed E-state index contributed by atoms with van der Waals surface area (Å²) in [4.78, 5) is 21.4. The van der Waals surface area contributed by atoms with E-state index < -0.39 is 5.91 Å². The van der Waals surface area contributed by atoms with Gasteiger partial charge in [-0.05, 0) is 35.7 Å². The van der Waals surface area contributed by atoms with Crippen molar-refractivity contribution in [3.8, 4) is 23.7 Å². The molecule has 0 saturated carbocycles. The molecule has 176 valence electrons. The van der Waals surface area contributed by atoms with E-state index in [0.717, 1.165) is 0 Å². The molecule has 37 heavy (non-hydrogen) atoms. The first kappa shape index (κ1) is 22.9. The molecule has 0 atom stereocenters. The fourth-order valence-electron chi connectivity index (χ4n) is 3.77. The highest BCUT2D eigenvalue weighted by Crippen LogP contribution is 2.39. The number of para-hydroxylation sites is 1. The highest BCUT2D eigenvalue weighted by Gasteiger charge is 2.21. The fraction of sp³-hybridized carbons (Fsp3) is 0. The number of amides is 1. The van der Waals surface area contributed by atoms with Gasteiger partial charge in [-0.2, -0.15) is 15.5 Å². The molecule has 5 aromatic rings. The van der Waals surface area contributed by atoms with E-state index in [0.29, 0.717) is 22.3 Å². The van der Waals surface area contributed by atoms with Gasteiger partial charge >= 0.3 is 0 Å². The lowest BCUT2D eigenvalue weighted by Gasteiger charge is -2.11. The number of hydrogen-bond acceptors (Lipinski definition) is 8. The van der Waals surface area contributed by atoms with Crippen LogP contribution in [0.25, 0.3) is 16.6 Å². The summed E-state index contributed by atoms with van der Waals surface area (Å²) < 4.78 is 1.30. The summed E-state index contributed by atoms with van der Waals surface area (Å²) in [5, 5.41) is 42.5. The number of benzene rings is 3. The fourth-order valence-corrected chi connectivity index (χ4v) is 3.77. The van der Waals surface area contributed by atoms with Gasteiger partial charge in [0.2, 0.25) is 0 Å². The zero-order valence-electron chi connectivity index (χ0n) is 19.1. The summed E-state index contributed by atoms with van der Waals surface area (Å²) in [7, 11) is 0. The number of hydrogen-bond donors (Lipinski definition) is 2. The normalized spacial score (nSPS) is 10.8. The Morgan fingerprint density at radius 3 is 2.43 bits per heavy atom. The van der Waals surface area contributed by atoms with Crippen molar-refractivity contribution in [3.63, 3.8) is 0 Å². The topological polar surface area (TPSA) is 152 Å². The van der Waals surface area contributed by atoms with Gasteiger partial charge in [0.05, 0.1) is 5.56 Å². The van der Waals surface area contributed by atoms with Gasteiger partial charge in [0.25, 0.3) is 11.9 Å². The number of azo groups is 1. The minimum Gasteiger partial charge on any atom is -0.505 e. The van der Waals surface area contributed by atoms with E-state index in [1.165, 1.54) is 10.8 Å². The lowest BCUT2D eigenvalue weighted by Crippen LogP contribution is -2.12. The molecule has 0 bridgehead atoms. The van der Waals surface area contributed by atoms with Crippen LogP contribution in [0.2, 0.25) is 0 Å². The number of nitrogens with zero attached hydrogens (tertiary/aromatic N) is 7. The standard InChI is InChI=1S/C27H16N8O2/c28-15-21-22(16-29)35(23-12-6-7-13-30-23)27(32-21)34-33-24-19-11-5-4-8-17(19)14-20(25(24)36)26(37)31-18-9-2-1-3-10-18/h1-14,36H,(H,31,37). The molecule has 2 heterocycles. The van der Waals surface area contributed by atoms with Crippen molar-refractivity contribution in [1.82, 2.24) is 14.5 Å². The van der Waals surface area contributed by atoms with E-state index in [9.17, 15) is 20.4 Å². The van der Waals surface area contributed by atoms with Gasteiger partial charge in [-0.25, -0.2) is 9.55 Å². The molecule has 0 aliphatic rings. The number of aromatic nitrogens is 3. The number of carbonyl (C=O) groups excluding carboxylic acids is 1. The molecule has 0 aliphatic carbocycles. The maximum atomic E-state index is 13.0. The van der Waals surface area contributed by atoms with E-state index in [2.05, 4.69) is 25.5 Å². The first-order valence-corrected chi connectivity index (χ1v) is 11.0. The SMILES string of the molecule is N#Cc1nc(N=Nc2c(O)c(C(=O)Nc3ccccc3)cc3ccccc23)n(-c2ccccn2)c1C#N. The Bertz CT molecular complexity index is 1750. The Morgan fingerprint density at radius 1 is 0.946 bits per heavy atom. The van der Waals surface area contributed by atoms with Crippen LogP contribution in [0.4, 0.5) is 17.3 Å². The number of anilines is 1. The number of rotatable bonds is 5. The van der Waals surface area contributed by atoms with E-state index in [1.807, 2.05) is 18.2 Å². The quantitative estimate of drug-likeness (QED) is 0.313. The Labute approximate surface area is 210 Å². The second kappa shape index (κ2) is 9.78. The van der Waals surface area contributed by atoms with Crippen molar-refractivity contribution >= 4 is 34.0 Å². The Hall–Kier alpha value is -5.87. The predicted molar refractivity (Wildman–Crippen MR) is 135 cm³/mol. The molecule has 2 N–H and O–H groups in total. The number of imidazole rings is 1. The predicted octanol–water partition coefficient (Wildman–Crippen LogP) is 5.54. The molecule has 5 rings (SSSR count). The lowest BCUT2D eigenvalue weighted by molar-refractivity contribution is 0.102. The van der Waals surface area contributed by atoms with Gasteiger partial charge in [-0.15, -0.1) is 10.2 Å². The third-order valence-corrected chi connectivity index (χ3v) is 5.46. The van der Waals surface area contributed by atoms with Crippen LogP contribution in [-0.2, 0) is 0 Å². The largest absolute Gasteiger partial charge is 0.505 e. The molecule has 0 radical (unpaired) electrons. The summed E-state index contributed by atoms with van der Waals surface area (Å²) in [6, 6.07) is 26.4. The average Bonchev–Trinajstić information content (AvgIpc) is 3.31. The Balaban J connectivity index is 1.64. The van der Waals surface area contributed by atoms with Crippen LogP contribution in [0.15, 0.2) is 95.3 Å². The number of nitriles is 2. The van der Waals surface area contributed by atoms with Crippen molar-refractivity contribution < 1.29 is 9.90 Å². The first-order chi connectivity index (χ1) is 18.1. The van der Waals surface area contributed by atoms with Crippen LogP contribution >= 0.6 is 0 Å². The van der Waals surface area contributed by atoms with Crippen LogP contribution in [0.1, 0.15) is 21.7 Å². The van der Waals surface area contributed by atoms with Gasteiger partial charge < -0.3 is 10.4 Å². The number of fused-ring (bicyclic) bond motifs is 1. The van der Waals surface area contributed by atoms with E-state index >= 15 is 0 Å². The molecule has 0 fully saturated rings. The summed E-state index contributed by atoms with van der Waals surface area (Å²) in [6.45, 7) is 0. The van der Waals surface area contributed by atoms with Crippen LogP contribution in [-0.4, -0.2) is 25.5 Å². The number of phenols is 1. The smallest absolute Gasteiger partial charge is 0.259 e. The van der Waals surface area contributed by atoms with Crippen molar-refractivity contribution in [2.24, 2.45) is 10.2 Å². The molecule has 10 nitrogen and oxygen atoms in total. The minimum atomic E-state index is -0.528. The monoisotopic (exact) mass is 484 g/mol. The third-order valence-electron chi connectivity index (χ3n) is 5.46. The number of aromatic hydroxyl groups is 1. The highest BCUT2D eigenvalue weighted by molar-refractivity contribution is 6.11. The number of pyridine rings is 1. The average molecular weight is 484 g/mol. The maximum absolute atomic E-state index is 13.0. The summed E-state index contributed by atoms with van der Waals surface area (Å²) >= 11 is 0. The van der Waals surface area contributed by atoms with Crippen LogP contribution < -0.4 is 5.32 Å². The molecule has 3 aromatic carbocycles. The summed E-state index contributed by atoms with van der Waals surface area (Å²) in [5.41, 5.74) is 0.393. The van der Waals surface area contributed by atoms with Crippen LogP contribution in [0.5, 0.6) is 5.75 Å². The molecule has 0 spiro atoms. The van der Waals surface area contributed by atoms with E-state index in [-0.39, 0.29) is 34.3 Å². The highest BCUT2D eigenvalue weighted by atomic mass is 16.3. The zero-order chi connectivity index (χ0) is 25.8. The molecular weight excluding hydrogens is 468 g/mol. The van der Waals surface area contributed by atoms with Crippen LogP contribution in [0, 0.1) is 22.7 Å². The Morgan fingerprint density at radius 2 is 1.70 bits per heavy atom. The number of phenolic OH excluding ortho intramolecular Hbond substituents is 1. The summed E-state index contributed by atoms with van der Waals surface area (Å²) in [5.74, 6) is -0.686. The lowest BCUT2D eigenvalue weighted by atomic mass is 10.0. The second-order valence-corrected chi connectivity index (χ2v) is 7.72. The van der Waals surface area contributed by atoms with Gasteiger partial charge in [0, 0.05) is 17.3 Å². The first-order valence-electron chi connectivity index (χ1n) is 11.0. The van der Waals surface area contributed by atoms with Crippen molar-refractivity contribution in [3.05, 3.63) is 102 Å². The number of nitrogens with one attached hydrogen (secondary N) is 1. The molecule has 0 aliphatic heterocycles. The molecule has 0 unspecified atom stereocenters. The minimum absolute atomic E-state index is 0.00000119. The molecule has 1 amide bonds. The van der Waals surface area contributed by atoms with Crippen molar-refractivity contribution in [1.29, 1.82) is 10.5 Å². The number of carbonyl (C=O) groups is 1. The zero-order valence-corrected chi connectivity index (χ0v) is 19.1. The van der Waals surface area contributed by atoms with Gasteiger partial charge in [-0.1, -0.05) is 48.5 Å². The summed E-state index contributed by atoms with van der Waals surface area (Å²) in [6.07, 6.45) is 1.53. The van der Waals surface area contributed by atoms with Gasteiger partial charge in [0.15, 0.2) is 17.1 Å². The van der Waals surface area contributed by atoms with Gasteiger partial charge in [-0.3, -0.25) is 4.79 Å². The van der Waals surface area contributed by atoms with Gasteiger partial charge in [0.1, 0.15) is 23.6 Å². The molecule has 10 heteroatoms. The molecular formula is C27H16N8O2. The van der Waals surface area contributed by atoms with Crippen LogP contribution in [0.3, 0.4) is 0 Å². The van der Waals surface area contributed by atoms with E-state index in [4.69, 9.17) is 0 Å². The van der Waals surface area contributed by atoms with Crippen molar-refractivity contribution in [2.75, 3.05) is 5.32 Å². The molecule has 0 saturated heterocycles. The maximum Gasteiger partial charge on any atom is 0.259 e.